The van der Waals surface area contributed by atoms with Gasteiger partial charge in [0.15, 0.2) is 18.9 Å². The molecule has 32 nitrogen and oxygen atoms in total. The molecule has 3 rings (SSSR count). The molecule has 488 valence electrons. The van der Waals surface area contributed by atoms with Crippen molar-refractivity contribution in [3.8, 4) is 0 Å². The van der Waals surface area contributed by atoms with Crippen molar-refractivity contribution in [2.24, 2.45) is 5.41 Å². The number of carbonyl (C=O) groups excluding carboxylic acids is 3. The van der Waals surface area contributed by atoms with Gasteiger partial charge in [0.25, 0.3) is 0 Å². The van der Waals surface area contributed by atoms with Gasteiger partial charge in [-0.2, -0.15) is 0 Å². The third-order valence-corrected chi connectivity index (χ3v) is 13.2. The normalized spacial score (nSPS) is 29.1. The molecular weight excluding hydrogens is 1120 g/mol. The number of aliphatic hydroxyl groups excluding tert-OH is 12. The Balaban J connectivity index is 1.26. The zero-order chi connectivity index (χ0) is 60.8. The lowest BCUT2D eigenvalue weighted by Gasteiger charge is -2.39. The molecule has 0 aromatic carbocycles. The monoisotopic (exact) mass is 1210 g/mol. The first-order valence-corrected chi connectivity index (χ1v) is 28.1. The van der Waals surface area contributed by atoms with Gasteiger partial charge in [0.2, 0.25) is 17.7 Å². The number of amides is 3. The summed E-state index contributed by atoms with van der Waals surface area (Å²) >= 11 is 0. The van der Waals surface area contributed by atoms with Gasteiger partial charge in [-0.15, -0.1) is 0 Å². The van der Waals surface area contributed by atoms with Crippen LogP contribution in [0.5, 0.6) is 0 Å². The lowest BCUT2D eigenvalue weighted by molar-refractivity contribution is -0.302. The van der Waals surface area contributed by atoms with E-state index in [0.717, 1.165) is 0 Å². The molecule has 0 aromatic rings. The minimum atomic E-state index is -1.54. The number of hydrogen-bond donors (Lipinski definition) is 15. The van der Waals surface area contributed by atoms with Crippen LogP contribution in [0.1, 0.15) is 45.4 Å². The Morgan fingerprint density at radius 3 is 0.964 bits per heavy atom. The first kappa shape index (κ1) is 74.6. The van der Waals surface area contributed by atoms with Crippen LogP contribution >= 0.6 is 0 Å². The van der Waals surface area contributed by atoms with E-state index >= 15 is 0 Å². The van der Waals surface area contributed by atoms with Gasteiger partial charge in [-0.1, -0.05) is 13.3 Å². The molecule has 0 saturated carbocycles. The topological polar surface area (TPSA) is 459 Å². The quantitative estimate of drug-likeness (QED) is 0.0252. The molecule has 83 heavy (non-hydrogen) atoms. The molecule has 32 heteroatoms. The van der Waals surface area contributed by atoms with Crippen molar-refractivity contribution in [3.05, 3.63) is 0 Å². The van der Waals surface area contributed by atoms with Crippen molar-refractivity contribution in [1.82, 2.24) is 16.0 Å². The molecule has 3 fully saturated rings. The summed E-state index contributed by atoms with van der Waals surface area (Å²) in [5, 5.41) is 126. The molecule has 0 spiro atoms. The summed E-state index contributed by atoms with van der Waals surface area (Å²) in [6.45, 7) is 4.02. The highest BCUT2D eigenvalue weighted by Gasteiger charge is 2.46. The molecule has 0 radical (unpaired) electrons. The van der Waals surface area contributed by atoms with Gasteiger partial charge in [0.1, 0.15) is 73.2 Å². The van der Waals surface area contributed by atoms with Gasteiger partial charge < -0.3 is 144 Å². The summed E-state index contributed by atoms with van der Waals surface area (Å²) < 4.78 is 76.6. The Morgan fingerprint density at radius 1 is 0.361 bits per heavy atom. The first-order valence-electron chi connectivity index (χ1n) is 28.1. The van der Waals surface area contributed by atoms with Crippen LogP contribution in [-0.2, 0) is 80.7 Å². The summed E-state index contributed by atoms with van der Waals surface area (Å²) in [6, 6.07) is 0. The fourth-order valence-corrected chi connectivity index (χ4v) is 8.29. The predicted octanol–water partition coefficient (Wildman–Crippen LogP) is -7.74. The zero-order valence-electron chi connectivity index (χ0n) is 47.4. The van der Waals surface area contributed by atoms with Gasteiger partial charge in [-0.3, -0.25) is 14.4 Å². The van der Waals surface area contributed by atoms with Crippen LogP contribution in [0.4, 0.5) is 0 Å². The number of unbranched alkanes of at least 4 members (excludes halogenated alkanes) is 1. The Labute approximate surface area is 482 Å². The Morgan fingerprint density at radius 2 is 0.651 bits per heavy atom. The second kappa shape index (κ2) is 43.9. The average molecular weight is 1210 g/mol. The highest BCUT2D eigenvalue weighted by molar-refractivity contribution is 5.76. The molecule has 3 amide bonds. The maximum absolute atomic E-state index is 12.6. The van der Waals surface area contributed by atoms with Crippen LogP contribution in [0.15, 0.2) is 0 Å². The lowest BCUT2D eigenvalue weighted by atomic mass is 9.86. The molecule has 3 heterocycles. The third kappa shape index (κ3) is 29.8. The molecule has 15 atom stereocenters. The summed E-state index contributed by atoms with van der Waals surface area (Å²) in [5.74, 6) is -0.659. The Hall–Kier alpha value is -2.63. The van der Waals surface area contributed by atoms with Crippen molar-refractivity contribution in [1.29, 1.82) is 0 Å². The fourth-order valence-electron chi connectivity index (χ4n) is 8.29. The van der Waals surface area contributed by atoms with E-state index in [2.05, 4.69) is 16.0 Å². The molecule has 3 saturated heterocycles. The van der Waals surface area contributed by atoms with Crippen LogP contribution in [0.25, 0.3) is 0 Å². The van der Waals surface area contributed by atoms with Gasteiger partial charge in [0, 0.05) is 44.3 Å². The van der Waals surface area contributed by atoms with Crippen LogP contribution in [-0.4, -0.2) is 336 Å². The summed E-state index contributed by atoms with van der Waals surface area (Å²) in [7, 11) is 0. The molecule has 3 aliphatic rings. The van der Waals surface area contributed by atoms with E-state index in [4.69, 9.17) is 66.3 Å². The molecule has 0 aliphatic carbocycles. The van der Waals surface area contributed by atoms with E-state index in [1.54, 1.807) is 0 Å². The number of aliphatic hydroxyl groups is 12. The number of nitrogens with one attached hydrogen (secondary N) is 3. The Kier molecular flexibility index (Phi) is 39.5. The highest BCUT2D eigenvalue weighted by Crippen LogP contribution is 2.27. The van der Waals surface area contributed by atoms with Crippen molar-refractivity contribution >= 4 is 17.7 Å². The van der Waals surface area contributed by atoms with Gasteiger partial charge in [-0.05, 0) is 12.8 Å². The van der Waals surface area contributed by atoms with Crippen molar-refractivity contribution in [2.45, 2.75) is 138 Å². The highest BCUT2D eigenvalue weighted by atomic mass is 16.7. The van der Waals surface area contributed by atoms with E-state index in [9.17, 15) is 75.7 Å². The molecule has 9 unspecified atom stereocenters. The predicted molar refractivity (Wildman–Crippen MR) is 281 cm³/mol. The van der Waals surface area contributed by atoms with Crippen LogP contribution in [0.2, 0.25) is 0 Å². The van der Waals surface area contributed by atoms with Crippen molar-refractivity contribution in [3.63, 3.8) is 0 Å². The lowest BCUT2D eigenvalue weighted by Crippen LogP contribution is -2.59. The van der Waals surface area contributed by atoms with Gasteiger partial charge >= 0.3 is 0 Å². The van der Waals surface area contributed by atoms with E-state index in [1.165, 1.54) is 0 Å². The molecule has 15 N–H and O–H groups in total. The van der Waals surface area contributed by atoms with E-state index in [-0.39, 0.29) is 182 Å². The average Bonchev–Trinajstić information content (AvgIpc) is 3.66. The van der Waals surface area contributed by atoms with Crippen LogP contribution in [0, 0.1) is 5.41 Å². The maximum atomic E-state index is 12.6. The molecule has 3 aliphatic heterocycles. The Bertz CT molecular complexity index is 1500. The third-order valence-electron chi connectivity index (χ3n) is 13.2. The molecular formula is C51H95N3O29. The summed E-state index contributed by atoms with van der Waals surface area (Å²) in [4.78, 5) is 37.6. The summed E-state index contributed by atoms with van der Waals surface area (Å²) in [6.07, 6.45) is -18.3. The minimum Gasteiger partial charge on any atom is -0.394 e. The second-order valence-corrected chi connectivity index (χ2v) is 20.1. The second-order valence-electron chi connectivity index (χ2n) is 20.1. The molecule has 0 aromatic heterocycles. The number of rotatable bonds is 48. The zero-order valence-corrected chi connectivity index (χ0v) is 47.4. The van der Waals surface area contributed by atoms with E-state index in [0.29, 0.717) is 19.3 Å². The van der Waals surface area contributed by atoms with Gasteiger partial charge in [0.05, 0.1) is 145 Å². The standard InChI is InChI=1S/C51H95N3O29/c1-51(7-3-2-4-36(58)52-8-13-70-16-19-73-22-25-78-48-45(67)42(64)39(61)33(28-55)81-48,31-76-11-5-37(59)53-9-14-71-17-20-74-23-26-79-49-46(68)43(65)40(62)34(29-56)82-49)32-77-12-6-38(60)54-10-15-72-18-21-75-24-27-80-50-47(69)44(66)41(63)35(30-57)83-50/h33-35,39-50,55-57,61-69H,2-32H2,1H3,(H,52,58)(H,53,59)(H,54,60)/t33?,34?,35?,39-,40-,41-,42?,43?,44?,45-,46-,47-,48?,49?,50?,51?/m1/s1. The fraction of sp³-hybridized carbons (Fsp3) is 0.941. The van der Waals surface area contributed by atoms with Crippen LogP contribution < -0.4 is 16.0 Å². The number of ether oxygens (including phenoxy) is 14. The van der Waals surface area contributed by atoms with Crippen LogP contribution in [0.3, 0.4) is 0 Å². The first-order chi connectivity index (χ1) is 40.0. The smallest absolute Gasteiger partial charge is 0.222 e. The van der Waals surface area contributed by atoms with Crippen molar-refractivity contribution < 1.29 is 142 Å². The summed E-state index contributed by atoms with van der Waals surface area (Å²) in [5.41, 5.74) is -0.532. The number of hydrogen-bond acceptors (Lipinski definition) is 29. The van der Waals surface area contributed by atoms with E-state index < -0.39 is 117 Å². The molecule has 0 bridgehead atoms. The number of carbonyl (C=O) groups is 3. The van der Waals surface area contributed by atoms with E-state index in [1.807, 2.05) is 6.92 Å². The van der Waals surface area contributed by atoms with Gasteiger partial charge in [-0.25, -0.2) is 0 Å². The minimum absolute atomic E-state index is 0.00103. The van der Waals surface area contributed by atoms with Crippen molar-refractivity contribution in [2.75, 3.05) is 165 Å². The maximum Gasteiger partial charge on any atom is 0.222 e. The largest absolute Gasteiger partial charge is 0.394 e. The SMILES string of the molecule is CC(CCCCC(=O)NCCOCCOCCOC1OC(CO)[C@@H](O)C(O)[C@H]1O)(COCCC(=O)NCCOCCOCCOC1OC(CO)[C@@H](O)C(O)[C@H]1O)COCCC(=O)NCCOCCOCCOC1OC(CO)[C@@H](O)C(O)[C@H]1O.